The van der Waals surface area contributed by atoms with E-state index in [1.54, 1.807) is 17.3 Å². The number of carbonyl (C=O) groups excluding carboxylic acids is 4. The predicted octanol–water partition coefficient (Wildman–Crippen LogP) is 5.78. The minimum atomic E-state index is -0.714. The summed E-state index contributed by atoms with van der Waals surface area (Å²) < 4.78 is 28.1. The highest BCUT2D eigenvalue weighted by atomic mass is 16.5. The van der Waals surface area contributed by atoms with Gasteiger partial charge in [0.1, 0.15) is 48.4 Å². The molecule has 2 aromatic heterocycles. The molecule has 4 atom stereocenters. The van der Waals surface area contributed by atoms with Crippen molar-refractivity contribution in [2.75, 3.05) is 40.5 Å². The zero-order chi connectivity index (χ0) is 42.4. The lowest BCUT2D eigenvalue weighted by atomic mass is 9.87. The summed E-state index contributed by atoms with van der Waals surface area (Å²) in [5.41, 5.74) is 7.39. The van der Waals surface area contributed by atoms with Crippen molar-refractivity contribution in [1.82, 2.24) is 40.4 Å². The van der Waals surface area contributed by atoms with E-state index in [1.807, 2.05) is 30.9 Å². The Labute approximate surface area is 353 Å². The molecule has 0 aliphatic carbocycles. The molecule has 61 heavy (non-hydrogen) atoms. The number of methoxy groups -OCH3 is 2. The minimum absolute atomic E-state index is 0.0477. The van der Waals surface area contributed by atoms with Crippen molar-refractivity contribution in [3.63, 3.8) is 0 Å². The zero-order valence-corrected chi connectivity index (χ0v) is 34.9. The van der Waals surface area contributed by atoms with Crippen LogP contribution in [0, 0.1) is 11.8 Å². The lowest BCUT2D eigenvalue weighted by Crippen LogP contribution is -2.53. The Hall–Kier alpha value is -6.10. The van der Waals surface area contributed by atoms with E-state index in [2.05, 4.69) is 32.7 Å². The van der Waals surface area contributed by atoms with Crippen molar-refractivity contribution in [3.05, 3.63) is 59.4 Å². The number of likely N-dealkylation sites (tertiary alicyclic amines) is 2. The molecule has 9 rings (SSSR count). The van der Waals surface area contributed by atoms with Crippen LogP contribution in [-0.2, 0) is 37.0 Å². The molecule has 17 nitrogen and oxygen atoms in total. The fraction of sp³-hybridized carbons (Fsp3) is 0.500. The Morgan fingerprint density at radius 2 is 1.23 bits per heavy atom. The topological polar surface area (TPSA) is 202 Å². The van der Waals surface area contributed by atoms with Gasteiger partial charge in [-0.15, -0.1) is 0 Å². The summed E-state index contributed by atoms with van der Waals surface area (Å²) in [4.78, 5) is 72.3. The number of rotatable bonds is 10. The lowest BCUT2D eigenvalue weighted by Gasteiger charge is -2.34. The third-order valence-corrected chi connectivity index (χ3v) is 12.8. The summed E-state index contributed by atoms with van der Waals surface area (Å²) in [6.45, 7) is 6.70. The van der Waals surface area contributed by atoms with Crippen LogP contribution in [-0.4, -0.2) is 106 Å². The predicted molar refractivity (Wildman–Crippen MR) is 220 cm³/mol. The molecular formula is C44H52N8O9. The minimum Gasteiger partial charge on any atom is -0.488 e. The average Bonchev–Trinajstić information content (AvgIpc) is 4.13. The number of nitrogens with one attached hydrogen (secondary N) is 4. The third-order valence-electron chi connectivity index (χ3n) is 12.8. The van der Waals surface area contributed by atoms with Gasteiger partial charge in [-0.25, -0.2) is 19.6 Å². The molecule has 4 N–H and O–H groups in total. The molecule has 7 heterocycles. The maximum Gasteiger partial charge on any atom is 0.407 e. The van der Waals surface area contributed by atoms with Gasteiger partial charge in [0.15, 0.2) is 0 Å². The first kappa shape index (κ1) is 40.3. The quantitative estimate of drug-likeness (QED) is 0.151. The van der Waals surface area contributed by atoms with E-state index in [9.17, 15) is 19.2 Å². The van der Waals surface area contributed by atoms with Crippen LogP contribution in [0.4, 0.5) is 9.59 Å². The van der Waals surface area contributed by atoms with Crippen LogP contribution < -0.4 is 20.1 Å². The summed E-state index contributed by atoms with van der Waals surface area (Å²) in [5.74, 6) is 2.43. The molecule has 0 saturated carbocycles. The first-order chi connectivity index (χ1) is 29.6. The number of hydrogen-bond donors (Lipinski definition) is 4. The van der Waals surface area contributed by atoms with Crippen LogP contribution in [0.3, 0.4) is 0 Å². The molecule has 3 fully saturated rings. The molecule has 322 valence electrons. The molecule has 3 saturated heterocycles. The lowest BCUT2D eigenvalue weighted by molar-refractivity contribution is -0.137. The molecule has 5 aliphatic rings. The van der Waals surface area contributed by atoms with Crippen LogP contribution in [0.25, 0.3) is 33.6 Å². The number of benzene rings is 2. The summed E-state index contributed by atoms with van der Waals surface area (Å²) >= 11 is 0. The standard InChI is InChI=1S/C44H52N8O9/c1-23(2)37(49-43(55)57-3)41(53)51-11-5-7-31(51)39-45-19-29(47-39)25-15-27-21-61-34-18-26(16-28-22-60-33(17-25)35(27)36(28)34)30-20-46-40(48-30)32-8-6-12-52(32)42(54)38(50-44(56)58-4)24-9-13-59-14-10-24/h15-20,23-24,31-32,37-38H,5-14,21-22H2,1-4H3,(H,45,47)(H,46,48)(H,49,55)(H,50,56)/t31-,32-,37-,38-/m0/s1. The van der Waals surface area contributed by atoms with E-state index in [0.717, 1.165) is 82.0 Å². The maximum atomic E-state index is 14.1. The number of nitrogens with zero attached hydrogens (tertiary/aromatic N) is 4. The number of hydrogen-bond acceptors (Lipinski definition) is 11. The van der Waals surface area contributed by atoms with E-state index in [1.165, 1.54) is 14.2 Å². The maximum absolute atomic E-state index is 14.1. The number of ether oxygens (including phenoxy) is 5. The van der Waals surface area contributed by atoms with Gasteiger partial charge in [-0.2, -0.15) is 0 Å². The van der Waals surface area contributed by atoms with E-state index < -0.39 is 24.3 Å². The molecule has 0 unspecified atom stereocenters. The van der Waals surface area contributed by atoms with E-state index >= 15 is 0 Å². The highest BCUT2D eigenvalue weighted by Gasteiger charge is 2.41. The molecule has 4 amide bonds. The van der Waals surface area contributed by atoms with Gasteiger partial charge in [0, 0.05) is 59.7 Å². The van der Waals surface area contributed by atoms with E-state index in [-0.39, 0.29) is 35.7 Å². The Bertz CT molecular complexity index is 2280. The number of alkyl carbamates (subject to hydrolysis) is 2. The molecular weight excluding hydrogens is 785 g/mol. The second-order valence-corrected chi connectivity index (χ2v) is 16.8. The van der Waals surface area contributed by atoms with Crippen molar-refractivity contribution in [2.45, 2.75) is 89.8 Å². The van der Waals surface area contributed by atoms with E-state index in [0.29, 0.717) is 64.0 Å². The van der Waals surface area contributed by atoms with Crippen LogP contribution in [0.1, 0.15) is 87.2 Å². The van der Waals surface area contributed by atoms with Gasteiger partial charge in [-0.05, 0) is 74.6 Å². The molecule has 0 radical (unpaired) electrons. The second kappa shape index (κ2) is 16.7. The Kier molecular flexibility index (Phi) is 11.1. The monoisotopic (exact) mass is 836 g/mol. The van der Waals surface area contributed by atoms with Crippen LogP contribution >= 0.6 is 0 Å². The molecule has 5 aliphatic heterocycles. The number of amides is 4. The van der Waals surface area contributed by atoms with Gasteiger partial charge >= 0.3 is 12.2 Å². The molecule has 0 bridgehead atoms. The molecule has 17 heteroatoms. The number of imidazole rings is 2. The fourth-order valence-electron chi connectivity index (χ4n) is 9.60. The summed E-state index contributed by atoms with van der Waals surface area (Å²) in [7, 11) is 2.59. The Morgan fingerprint density at radius 3 is 1.74 bits per heavy atom. The smallest absolute Gasteiger partial charge is 0.407 e. The van der Waals surface area contributed by atoms with Gasteiger partial charge in [0.05, 0.1) is 50.1 Å². The largest absolute Gasteiger partial charge is 0.488 e. The van der Waals surface area contributed by atoms with Crippen molar-refractivity contribution < 1.29 is 42.9 Å². The summed E-state index contributed by atoms with van der Waals surface area (Å²) in [5, 5.41) is 5.52. The average molecular weight is 837 g/mol. The van der Waals surface area contributed by atoms with Gasteiger partial charge in [0.25, 0.3) is 0 Å². The van der Waals surface area contributed by atoms with Gasteiger partial charge in [-0.1, -0.05) is 13.8 Å². The normalized spacial score (nSPS) is 20.3. The Morgan fingerprint density at radius 1 is 0.721 bits per heavy atom. The molecule has 0 spiro atoms. The molecule has 2 aromatic carbocycles. The van der Waals surface area contributed by atoms with Gasteiger partial charge < -0.3 is 54.1 Å². The first-order valence-corrected chi connectivity index (χ1v) is 21.2. The van der Waals surface area contributed by atoms with Gasteiger partial charge in [0.2, 0.25) is 11.8 Å². The van der Waals surface area contributed by atoms with Crippen LogP contribution in [0.15, 0.2) is 36.7 Å². The highest BCUT2D eigenvalue weighted by molar-refractivity contribution is 5.89. The zero-order valence-electron chi connectivity index (χ0n) is 34.9. The number of H-pyrrole nitrogens is 2. The number of aromatic amines is 2. The Balaban J connectivity index is 0.933. The second-order valence-electron chi connectivity index (χ2n) is 16.8. The number of aromatic nitrogens is 4. The SMILES string of the molecule is COC(=O)N[C@H](C(=O)N1CCC[C@H]1c1ncc(-c2cc3c4c(c2)OCc2cc(-c5cnc([C@@H]6CCCN6C(=O)[C@@H](NC(=O)OC)C6CCOCC6)[nH]5)cc(c2-4)OC3)[nH]1)C(C)C. The van der Waals surface area contributed by atoms with Crippen LogP contribution in [0.2, 0.25) is 0 Å². The molecule has 4 aromatic rings. The van der Waals surface area contributed by atoms with Crippen molar-refractivity contribution in [2.24, 2.45) is 11.8 Å². The number of carbonyl (C=O) groups is 4. The first-order valence-electron chi connectivity index (χ1n) is 21.2. The van der Waals surface area contributed by atoms with Crippen LogP contribution in [0.5, 0.6) is 11.5 Å². The highest BCUT2D eigenvalue weighted by Crippen LogP contribution is 2.51. The third kappa shape index (κ3) is 7.63. The van der Waals surface area contributed by atoms with Crippen molar-refractivity contribution in [3.8, 4) is 45.1 Å². The summed E-state index contributed by atoms with van der Waals surface area (Å²) in [6, 6.07) is 6.32. The van der Waals surface area contributed by atoms with Crippen molar-refractivity contribution in [1.29, 1.82) is 0 Å². The van der Waals surface area contributed by atoms with Gasteiger partial charge in [-0.3, -0.25) is 9.59 Å². The van der Waals surface area contributed by atoms with Crippen molar-refractivity contribution >= 4 is 24.0 Å². The fourth-order valence-corrected chi connectivity index (χ4v) is 9.60. The summed E-state index contributed by atoms with van der Waals surface area (Å²) in [6.07, 6.45) is 6.83. The van der Waals surface area contributed by atoms with E-state index in [4.69, 9.17) is 33.7 Å².